The van der Waals surface area contributed by atoms with E-state index in [9.17, 15) is 5.26 Å². The van der Waals surface area contributed by atoms with E-state index in [2.05, 4.69) is 51.2 Å². The smallest absolute Gasteiger partial charge is 0.234 e. The summed E-state index contributed by atoms with van der Waals surface area (Å²) < 4.78 is 5.91. The molecule has 2 fully saturated rings. The van der Waals surface area contributed by atoms with Gasteiger partial charge in [-0.05, 0) is 24.8 Å². The fourth-order valence-corrected chi connectivity index (χ4v) is 3.23. The summed E-state index contributed by atoms with van der Waals surface area (Å²) in [5.74, 6) is 1.88. The lowest BCUT2D eigenvalue weighted by Crippen LogP contribution is -2.47. The van der Waals surface area contributed by atoms with Crippen molar-refractivity contribution in [2.45, 2.75) is 25.2 Å². The highest BCUT2D eigenvalue weighted by molar-refractivity contribution is 5.48. The van der Waals surface area contributed by atoms with Gasteiger partial charge < -0.3 is 9.32 Å². The highest BCUT2D eigenvalue weighted by Crippen LogP contribution is 2.41. The largest absolute Gasteiger partial charge is 0.423 e. The quantitative estimate of drug-likeness (QED) is 0.847. The van der Waals surface area contributed by atoms with Gasteiger partial charge in [0.15, 0.2) is 0 Å². The standard InChI is InChI=1S/C19H22N4O/c20-14-17-19(24-18(21-17)16-6-7-16)23-12-10-22(11-13-23)9-8-15-4-2-1-3-5-15/h1-5,16H,6-13H2. The van der Waals surface area contributed by atoms with Crippen LogP contribution in [-0.2, 0) is 6.42 Å². The van der Waals surface area contributed by atoms with Crippen LogP contribution >= 0.6 is 0 Å². The fraction of sp³-hybridized carbons (Fsp3) is 0.474. The summed E-state index contributed by atoms with van der Waals surface area (Å²) in [6.07, 6.45) is 3.36. The zero-order valence-corrected chi connectivity index (χ0v) is 13.8. The van der Waals surface area contributed by atoms with Gasteiger partial charge in [-0.25, -0.2) is 4.98 Å². The maximum Gasteiger partial charge on any atom is 0.234 e. The van der Waals surface area contributed by atoms with E-state index in [0.29, 0.717) is 17.5 Å². The van der Waals surface area contributed by atoms with Crippen LogP contribution in [0.5, 0.6) is 0 Å². The minimum absolute atomic E-state index is 0.443. The van der Waals surface area contributed by atoms with Crippen LogP contribution in [0.15, 0.2) is 34.7 Å². The lowest BCUT2D eigenvalue weighted by molar-refractivity contribution is 0.256. The fourth-order valence-electron chi connectivity index (χ4n) is 3.23. The SMILES string of the molecule is N#Cc1nc(C2CC2)oc1N1CCN(CCc2ccccc2)CC1. The van der Waals surface area contributed by atoms with Crippen molar-refractivity contribution in [3.63, 3.8) is 0 Å². The van der Waals surface area contributed by atoms with E-state index in [0.717, 1.165) is 57.9 Å². The summed E-state index contributed by atoms with van der Waals surface area (Å²) in [4.78, 5) is 9.03. The van der Waals surface area contributed by atoms with Crippen LogP contribution in [0.1, 0.15) is 35.9 Å². The van der Waals surface area contributed by atoms with Gasteiger partial charge in [0.05, 0.1) is 0 Å². The minimum atomic E-state index is 0.443. The minimum Gasteiger partial charge on any atom is -0.423 e. The molecule has 4 rings (SSSR count). The molecule has 0 atom stereocenters. The summed E-state index contributed by atoms with van der Waals surface area (Å²) >= 11 is 0. The second-order valence-corrected chi connectivity index (χ2v) is 6.66. The first-order valence-corrected chi connectivity index (χ1v) is 8.75. The maximum atomic E-state index is 9.32. The average Bonchev–Trinajstić information content (AvgIpc) is 3.40. The Kier molecular flexibility index (Phi) is 4.22. The number of rotatable bonds is 5. The number of anilines is 1. The number of oxazole rings is 1. The molecule has 0 unspecified atom stereocenters. The van der Waals surface area contributed by atoms with Gasteiger partial charge in [-0.15, -0.1) is 0 Å². The monoisotopic (exact) mass is 322 g/mol. The number of hydrogen-bond donors (Lipinski definition) is 0. The molecule has 0 spiro atoms. The van der Waals surface area contributed by atoms with Crippen LogP contribution in [0.25, 0.3) is 0 Å². The predicted octanol–water partition coefficient (Wildman–Crippen LogP) is 2.79. The third-order valence-corrected chi connectivity index (χ3v) is 4.88. The molecule has 5 heteroatoms. The molecule has 5 nitrogen and oxygen atoms in total. The first-order valence-electron chi connectivity index (χ1n) is 8.75. The molecular weight excluding hydrogens is 300 g/mol. The summed E-state index contributed by atoms with van der Waals surface area (Å²) in [6, 6.07) is 12.8. The third kappa shape index (κ3) is 3.29. The van der Waals surface area contributed by atoms with Crippen LogP contribution in [0, 0.1) is 11.3 Å². The van der Waals surface area contributed by atoms with Crippen LogP contribution in [0.2, 0.25) is 0 Å². The molecule has 24 heavy (non-hydrogen) atoms. The van der Waals surface area contributed by atoms with Gasteiger partial charge in [-0.3, -0.25) is 4.90 Å². The molecule has 1 aromatic heterocycles. The Hall–Kier alpha value is -2.32. The van der Waals surface area contributed by atoms with E-state index in [1.807, 2.05) is 0 Å². The Balaban J connectivity index is 1.33. The summed E-state index contributed by atoms with van der Waals surface area (Å²) in [7, 11) is 0. The predicted molar refractivity (Wildman–Crippen MR) is 92.0 cm³/mol. The Morgan fingerprint density at radius 2 is 1.88 bits per heavy atom. The van der Waals surface area contributed by atoms with Gasteiger partial charge in [-0.1, -0.05) is 30.3 Å². The van der Waals surface area contributed by atoms with Gasteiger partial charge in [0, 0.05) is 38.6 Å². The molecule has 124 valence electrons. The second-order valence-electron chi connectivity index (χ2n) is 6.66. The van der Waals surface area contributed by atoms with E-state index in [1.54, 1.807) is 0 Å². The average molecular weight is 322 g/mol. The van der Waals surface area contributed by atoms with Crippen LogP contribution in [-0.4, -0.2) is 42.6 Å². The molecule has 0 amide bonds. The Labute approximate surface area is 142 Å². The third-order valence-electron chi connectivity index (χ3n) is 4.88. The van der Waals surface area contributed by atoms with Crippen molar-refractivity contribution in [1.82, 2.24) is 9.88 Å². The molecule has 1 aliphatic carbocycles. The normalized spacial score (nSPS) is 18.5. The Morgan fingerprint density at radius 1 is 1.12 bits per heavy atom. The van der Waals surface area contributed by atoms with Gasteiger partial charge >= 0.3 is 0 Å². The first kappa shape index (κ1) is 15.2. The van der Waals surface area contributed by atoms with Crippen molar-refractivity contribution in [3.8, 4) is 6.07 Å². The van der Waals surface area contributed by atoms with Crippen molar-refractivity contribution < 1.29 is 4.42 Å². The maximum absolute atomic E-state index is 9.32. The molecule has 2 aliphatic rings. The van der Waals surface area contributed by atoms with Crippen LogP contribution in [0.4, 0.5) is 5.88 Å². The van der Waals surface area contributed by atoms with E-state index in [-0.39, 0.29) is 0 Å². The van der Waals surface area contributed by atoms with Gasteiger partial charge in [0.1, 0.15) is 6.07 Å². The molecule has 2 heterocycles. The number of nitrogens with zero attached hydrogens (tertiary/aromatic N) is 4. The van der Waals surface area contributed by atoms with Crippen LogP contribution in [0.3, 0.4) is 0 Å². The van der Waals surface area contributed by atoms with Crippen molar-refractivity contribution in [3.05, 3.63) is 47.5 Å². The highest BCUT2D eigenvalue weighted by atomic mass is 16.4. The topological polar surface area (TPSA) is 56.3 Å². The molecule has 0 bridgehead atoms. The number of hydrogen-bond acceptors (Lipinski definition) is 5. The first-order chi connectivity index (χ1) is 11.8. The molecular formula is C19H22N4O. The number of nitriles is 1. The van der Waals surface area contributed by atoms with E-state index in [1.165, 1.54) is 5.56 Å². The summed E-state index contributed by atoms with van der Waals surface area (Å²) in [5.41, 5.74) is 1.84. The highest BCUT2D eigenvalue weighted by Gasteiger charge is 2.32. The summed E-state index contributed by atoms with van der Waals surface area (Å²) in [5, 5.41) is 9.32. The lowest BCUT2D eigenvalue weighted by atomic mass is 10.1. The van der Waals surface area contributed by atoms with Crippen molar-refractivity contribution in [2.24, 2.45) is 0 Å². The zero-order valence-electron chi connectivity index (χ0n) is 13.8. The summed E-state index contributed by atoms with van der Waals surface area (Å²) in [6.45, 7) is 4.85. The molecule has 0 N–H and O–H groups in total. The van der Waals surface area contributed by atoms with Gasteiger partial charge in [-0.2, -0.15) is 5.26 Å². The van der Waals surface area contributed by atoms with Crippen LogP contribution < -0.4 is 4.90 Å². The molecule has 1 aliphatic heterocycles. The van der Waals surface area contributed by atoms with Crippen molar-refractivity contribution >= 4 is 5.88 Å². The molecule has 1 aromatic carbocycles. The zero-order chi connectivity index (χ0) is 16.4. The number of piperazine rings is 1. The number of aromatic nitrogens is 1. The Bertz CT molecular complexity index is 722. The number of benzene rings is 1. The van der Waals surface area contributed by atoms with E-state index < -0.39 is 0 Å². The van der Waals surface area contributed by atoms with Gasteiger partial charge in [0.25, 0.3) is 0 Å². The van der Waals surface area contributed by atoms with Crippen molar-refractivity contribution in [2.75, 3.05) is 37.6 Å². The molecule has 1 saturated carbocycles. The van der Waals surface area contributed by atoms with Gasteiger partial charge in [0.2, 0.25) is 17.5 Å². The van der Waals surface area contributed by atoms with E-state index >= 15 is 0 Å². The molecule has 1 saturated heterocycles. The molecule has 0 radical (unpaired) electrons. The van der Waals surface area contributed by atoms with Crippen molar-refractivity contribution in [1.29, 1.82) is 5.26 Å². The molecule has 2 aromatic rings. The lowest BCUT2D eigenvalue weighted by Gasteiger charge is -2.34. The Morgan fingerprint density at radius 3 is 2.54 bits per heavy atom. The second kappa shape index (κ2) is 6.66. The van der Waals surface area contributed by atoms with E-state index in [4.69, 9.17) is 4.42 Å².